The Kier molecular flexibility index (Phi) is 6.59. The maximum absolute atomic E-state index is 12.1. The van der Waals surface area contributed by atoms with Crippen LogP contribution in [0.1, 0.15) is 29.5 Å². The van der Waals surface area contributed by atoms with Gasteiger partial charge in [0.05, 0.1) is 13.1 Å². The van der Waals surface area contributed by atoms with Gasteiger partial charge in [-0.25, -0.2) is 0 Å². The Balaban J connectivity index is 1.69. The van der Waals surface area contributed by atoms with Gasteiger partial charge in [0.15, 0.2) is 0 Å². The molecule has 1 fully saturated rings. The number of thiophene rings is 1. The molecule has 128 valence electrons. The zero-order valence-corrected chi connectivity index (χ0v) is 15.1. The standard InChI is InChI=1S/C17H27N3O2S/c1-4-14-5-6-15(23-14)11-18-16(21)12-20-9-7-13(8-10-20)17(22)19(2)3/h5-6,13H,4,7-12H2,1-3H3,(H,18,21). The summed E-state index contributed by atoms with van der Waals surface area (Å²) in [6.45, 7) is 4.81. The van der Waals surface area contributed by atoms with Gasteiger partial charge in [0.25, 0.3) is 0 Å². The zero-order valence-electron chi connectivity index (χ0n) is 14.3. The molecule has 0 atom stereocenters. The summed E-state index contributed by atoms with van der Waals surface area (Å²) in [6, 6.07) is 4.21. The highest BCUT2D eigenvalue weighted by molar-refractivity contribution is 7.11. The Morgan fingerprint density at radius 3 is 2.48 bits per heavy atom. The van der Waals surface area contributed by atoms with Crippen molar-refractivity contribution in [2.45, 2.75) is 32.7 Å². The highest BCUT2D eigenvalue weighted by Gasteiger charge is 2.26. The molecule has 1 aliphatic rings. The van der Waals surface area contributed by atoms with Crippen LogP contribution in [0, 0.1) is 5.92 Å². The number of rotatable bonds is 6. The lowest BCUT2D eigenvalue weighted by Crippen LogP contribution is -2.44. The van der Waals surface area contributed by atoms with Gasteiger partial charge in [0.2, 0.25) is 11.8 Å². The Bertz CT molecular complexity index is 534. The molecule has 0 bridgehead atoms. The molecule has 0 aliphatic carbocycles. The summed E-state index contributed by atoms with van der Waals surface area (Å²) in [7, 11) is 3.60. The van der Waals surface area contributed by atoms with Crippen molar-refractivity contribution in [1.29, 1.82) is 0 Å². The van der Waals surface area contributed by atoms with Crippen LogP contribution in [-0.4, -0.2) is 55.3 Å². The highest BCUT2D eigenvalue weighted by atomic mass is 32.1. The van der Waals surface area contributed by atoms with Crippen molar-refractivity contribution in [3.05, 3.63) is 21.9 Å². The number of likely N-dealkylation sites (tertiary alicyclic amines) is 1. The monoisotopic (exact) mass is 337 g/mol. The van der Waals surface area contributed by atoms with Gasteiger partial charge in [-0.2, -0.15) is 0 Å². The Hall–Kier alpha value is -1.40. The van der Waals surface area contributed by atoms with Crippen LogP contribution in [0.2, 0.25) is 0 Å². The summed E-state index contributed by atoms with van der Waals surface area (Å²) in [6.07, 6.45) is 2.73. The van der Waals surface area contributed by atoms with Gasteiger partial charge in [0, 0.05) is 29.8 Å². The van der Waals surface area contributed by atoms with Crippen LogP contribution in [-0.2, 0) is 22.6 Å². The average molecular weight is 337 g/mol. The van der Waals surface area contributed by atoms with Crippen molar-refractivity contribution >= 4 is 23.2 Å². The minimum absolute atomic E-state index is 0.0637. The van der Waals surface area contributed by atoms with Crippen LogP contribution in [0.25, 0.3) is 0 Å². The molecular weight excluding hydrogens is 310 g/mol. The van der Waals surface area contributed by atoms with Crippen molar-refractivity contribution in [2.75, 3.05) is 33.7 Å². The number of nitrogens with one attached hydrogen (secondary N) is 1. The Morgan fingerprint density at radius 1 is 1.26 bits per heavy atom. The fraction of sp³-hybridized carbons (Fsp3) is 0.647. The van der Waals surface area contributed by atoms with E-state index in [0.29, 0.717) is 13.1 Å². The number of nitrogens with zero attached hydrogens (tertiary/aromatic N) is 2. The maximum Gasteiger partial charge on any atom is 0.234 e. The van der Waals surface area contributed by atoms with E-state index < -0.39 is 0 Å². The lowest BCUT2D eigenvalue weighted by molar-refractivity contribution is -0.134. The van der Waals surface area contributed by atoms with Crippen molar-refractivity contribution in [3.63, 3.8) is 0 Å². The number of aryl methyl sites for hydroxylation is 1. The van der Waals surface area contributed by atoms with Crippen molar-refractivity contribution < 1.29 is 9.59 Å². The van der Waals surface area contributed by atoms with Crippen molar-refractivity contribution in [3.8, 4) is 0 Å². The van der Waals surface area contributed by atoms with Gasteiger partial charge in [-0.1, -0.05) is 6.92 Å². The van der Waals surface area contributed by atoms with Gasteiger partial charge >= 0.3 is 0 Å². The van der Waals surface area contributed by atoms with Crippen molar-refractivity contribution in [1.82, 2.24) is 15.1 Å². The molecule has 0 spiro atoms. The van der Waals surface area contributed by atoms with E-state index in [0.717, 1.165) is 32.4 Å². The first-order valence-electron chi connectivity index (χ1n) is 8.27. The van der Waals surface area contributed by atoms with Gasteiger partial charge in [-0.3, -0.25) is 14.5 Å². The van der Waals surface area contributed by atoms with E-state index in [1.807, 2.05) is 0 Å². The predicted octanol–water partition coefficient (Wildman–Crippen LogP) is 1.73. The second-order valence-corrected chi connectivity index (χ2v) is 7.53. The minimum Gasteiger partial charge on any atom is -0.350 e. The molecule has 2 amide bonds. The molecule has 23 heavy (non-hydrogen) atoms. The number of hydrogen-bond acceptors (Lipinski definition) is 4. The first kappa shape index (κ1) is 17.9. The fourth-order valence-electron chi connectivity index (χ4n) is 2.86. The average Bonchev–Trinajstić information content (AvgIpc) is 3.01. The van der Waals surface area contributed by atoms with Crippen LogP contribution < -0.4 is 5.32 Å². The van der Waals surface area contributed by atoms with E-state index in [2.05, 4.69) is 29.3 Å². The summed E-state index contributed by atoms with van der Waals surface area (Å²) in [5.41, 5.74) is 0. The van der Waals surface area contributed by atoms with E-state index in [1.165, 1.54) is 9.75 Å². The van der Waals surface area contributed by atoms with E-state index >= 15 is 0 Å². The molecule has 1 aromatic rings. The normalized spacial score (nSPS) is 16.3. The highest BCUT2D eigenvalue weighted by Crippen LogP contribution is 2.19. The number of carbonyl (C=O) groups is 2. The minimum atomic E-state index is 0.0637. The van der Waals surface area contributed by atoms with Crippen LogP contribution in [0.15, 0.2) is 12.1 Å². The van der Waals surface area contributed by atoms with Crippen LogP contribution in [0.3, 0.4) is 0 Å². The Morgan fingerprint density at radius 2 is 1.91 bits per heavy atom. The van der Waals surface area contributed by atoms with E-state index in [4.69, 9.17) is 0 Å². The molecule has 1 aromatic heterocycles. The molecule has 1 aliphatic heterocycles. The molecule has 0 unspecified atom stereocenters. The summed E-state index contributed by atoms with van der Waals surface area (Å²) in [5, 5.41) is 2.99. The second-order valence-electron chi connectivity index (χ2n) is 6.28. The topological polar surface area (TPSA) is 52.7 Å². The third-order valence-corrected chi connectivity index (χ3v) is 5.50. The van der Waals surface area contributed by atoms with E-state index in [1.54, 1.807) is 30.3 Å². The SMILES string of the molecule is CCc1ccc(CNC(=O)CN2CCC(C(=O)N(C)C)CC2)s1. The second kappa shape index (κ2) is 8.45. The van der Waals surface area contributed by atoms with Gasteiger partial charge in [-0.15, -0.1) is 11.3 Å². The van der Waals surface area contributed by atoms with Crippen LogP contribution >= 0.6 is 11.3 Å². The zero-order chi connectivity index (χ0) is 16.8. The van der Waals surface area contributed by atoms with E-state index in [9.17, 15) is 9.59 Å². The third-order valence-electron chi connectivity index (χ3n) is 4.27. The first-order chi connectivity index (χ1) is 11.0. The lowest BCUT2D eigenvalue weighted by Gasteiger charge is -2.31. The van der Waals surface area contributed by atoms with Crippen molar-refractivity contribution in [2.24, 2.45) is 5.92 Å². The fourth-order valence-corrected chi connectivity index (χ4v) is 3.75. The molecule has 0 saturated carbocycles. The third kappa shape index (κ3) is 5.32. The molecule has 0 aromatic carbocycles. The molecule has 6 heteroatoms. The summed E-state index contributed by atoms with van der Waals surface area (Å²) >= 11 is 1.76. The molecule has 2 heterocycles. The van der Waals surface area contributed by atoms with Gasteiger partial charge in [-0.05, 0) is 44.5 Å². The largest absolute Gasteiger partial charge is 0.350 e. The smallest absolute Gasteiger partial charge is 0.234 e. The summed E-state index contributed by atoms with van der Waals surface area (Å²) in [5.74, 6) is 0.384. The first-order valence-corrected chi connectivity index (χ1v) is 9.09. The number of carbonyl (C=O) groups excluding carboxylic acids is 2. The predicted molar refractivity (Wildman–Crippen MR) is 93.4 cm³/mol. The molecular formula is C17H27N3O2S. The molecule has 2 rings (SSSR count). The molecule has 0 radical (unpaired) electrons. The summed E-state index contributed by atoms with van der Waals surface area (Å²) < 4.78 is 0. The molecule has 5 nitrogen and oxygen atoms in total. The van der Waals surface area contributed by atoms with E-state index in [-0.39, 0.29) is 17.7 Å². The van der Waals surface area contributed by atoms with Gasteiger partial charge in [0.1, 0.15) is 0 Å². The molecule has 1 saturated heterocycles. The quantitative estimate of drug-likeness (QED) is 0.860. The number of piperidine rings is 1. The lowest BCUT2D eigenvalue weighted by atomic mass is 9.95. The van der Waals surface area contributed by atoms with Crippen LogP contribution in [0.4, 0.5) is 0 Å². The Labute approximate surface area is 142 Å². The van der Waals surface area contributed by atoms with Gasteiger partial charge < -0.3 is 10.2 Å². The maximum atomic E-state index is 12.1. The summed E-state index contributed by atoms with van der Waals surface area (Å²) in [4.78, 5) is 30.4. The molecule has 1 N–H and O–H groups in total. The number of amides is 2. The van der Waals surface area contributed by atoms with Crippen LogP contribution in [0.5, 0.6) is 0 Å². The number of hydrogen-bond donors (Lipinski definition) is 1.